The number of para-hydroxylation sites is 2. The molecule has 0 radical (unpaired) electrons. The van der Waals surface area contributed by atoms with E-state index in [4.69, 9.17) is 15.2 Å². The monoisotopic (exact) mass is 1050 g/mol. The van der Waals surface area contributed by atoms with Crippen molar-refractivity contribution in [1.82, 2.24) is 0 Å². The van der Waals surface area contributed by atoms with Crippen molar-refractivity contribution in [3.8, 4) is 0 Å². The van der Waals surface area contributed by atoms with E-state index in [1.807, 2.05) is 88.7 Å². The highest BCUT2D eigenvalue weighted by atomic mass is 79.9. The van der Waals surface area contributed by atoms with Crippen LogP contribution in [0.25, 0.3) is 0 Å². The number of nitrogen functional groups attached to an aromatic ring is 1. The van der Waals surface area contributed by atoms with E-state index in [1.54, 1.807) is 0 Å². The third kappa shape index (κ3) is 11.4. The van der Waals surface area contributed by atoms with Gasteiger partial charge in [0.15, 0.2) is 5.78 Å². The Morgan fingerprint density at radius 1 is 0.600 bits per heavy atom. The van der Waals surface area contributed by atoms with Crippen LogP contribution in [0.15, 0.2) is 60.7 Å². The van der Waals surface area contributed by atoms with Crippen molar-refractivity contribution in [1.29, 1.82) is 0 Å². The van der Waals surface area contributed by atoms with Crippen molar-refractivity contribution >= 4 is 48.8 Å². The van der Waals surface area contributed by atoms with Gasteiger partial charge in [0.05, 0.1) is 36.3 Å². The molecule has 10 heteroatoms. The van der Waals surface area contributed by atoms with Gasteiger partial charge in [0.1, 0.15) is 5.78 Å². The topological polar surface area (TPSA) is 131 Å². The maximum Gasteiger partial charge on any atom is 0.155 e. The summed E-state index contributed by atoms with van der Waals surface area (Å²) in [4.78, 5) is 26.0. The van der Waals surface area contributed by atoms with Crippen molar-refractivity contribution in [3.05, 3.63) is 60.7 Å². The molecule has 2 aromatic carbocycles. The number of methoxy groups -OCH3 is 2. The number of anilines is 2. The van der Waals surface area contributed by atoms with Crippen LogP contribution in [0.4, 0.5) is 11.4 Å². The molecular weight excluding hydrogens is 956 g/mol. The number of fused-ring (bicyclic) bond motifs is 10. The Kier molecular flexibility index (Phi) is 20.0. The zero-order valence-corrected chi connectivity index (χ0v) is 45.8. The SMILES string of the molecule is C.C.COC[C@]12CC[C@@](C)(O)C[C@H]1CC[C@H]1[C@@H]3CC[C@H](C(=O)CBr)[C@@]3(C)CC[C@@H]12.COC[C@]12CC[C@@](C)(O)C[C@H]1CC[C@H]1[C@@H]3CC[C@H](C(=O)CNc4ccccc4)[C@@]3(C)CC[C@@H]12.Nc1ccccc1.P. The minimum absolute atomic E-state index is 0. The first-order chi connectivity index (χ1) is 32.0. The van der Waals surface area contributed by atoms with Crippen molar-refractivity contribution < 1.29 is 29.3 Å². The number of hydrogen-bond donors (Lipinski definition) is 4. The first-order valence-electron chi connectivity index (χ1n) is 26.6. The molecule has 0 aromatic heterocycles. The van der Waals surface area contributed by atoms with Gasteiger partial charge in [0.2, 0.25) is 0 Å². The Bertz CT molecular complexity index is 1990. The van der Waals surface area contributed by atoms with E-state index < -0.39 is 11.2 Å². The van der Waals surface area contributed by atoms with Crippen molar-refractivity contribution in [2.45, 2.75) is 169 Å². The van der Waals surface area contributed by atoms with Crippen LogP contribution in [-0.4, -0.2) is 72.3 Å². The number of rotatable bonds is 10. The third-order valence-electron chi connectivity index (χ3n) is 21.1. The summed E-state index contributed by atoms with van der Waals surface area (Å²) in [6.45, 7) is 11.0. The molecule has 0 heterocycles. The van der Waals surface area contributed by atoms with Crippen LogP contribution in [0.5, 0.6) is 0 Å². The molecule has 17 atom stereocenters. The largest absolute Gasteiger partial charge is 0.399 e. The number of nitrogens with two attached hydrogens (primary N) is 1. The van der Waals surface area contributed by atoms with Crippen LogP contribution in [0.1, 0.15) is 158 Å². The molecule has 8 nitrogen and oxygen atoms in total. The maximum atomic E-state index is 13.4. The number of nitrogens with one attached hydrogen (secondary N) is 1. The first-order valence-corrected chi connectivity index (χ1v) is 27.7. The van der Waals surface area contributed by atoms with Crippen LogP contribution in [0.2, 0.25) is 0 Å². The number of Topliss-reactive ketones (excluding diaryl/α,β-unsaturated/α-hetero) is 2. The molecule has 70 heavy (non-hydrogen) atoms. The van der Waals surface area contributed by atoms with Crippen molar-refractivity contribution in [2.75, 3.05) is 50.4 Å². The first kappa shape index (κ1) is 59.0. The van der Waals surface area contributed by atoms with E-state index in [0.29, 0.717) is 64.9 Å². The number of benzene rings is 2. The second-order valence-electron chi connectivity index (χ2n) is 24.6. The molecule has 396 valence electrons. The fraction of sp³-hybridized carbons (Fsp3) is 0.767. The Morgan fingerprint density at radius 3 is 1.43 bits per heavy atom. The molecule has 0 amide bonds. The predicted molar refractivity (Wildman–Crippen MR) is 298 cm³/mol. The summed E-state index contributed by atoms with van der Waals surface area (Å²) in [5.74, 6) is 6.61. The van der Waals surface area contributed by atoms with Gasteiger partial charge >= 0.3 is 0 Å². The highest BCUT2D eigenvalue weighted by Gasteiger charge is 2.65. The summed E-state index contributed by atoms with van der Waals surface area (Å²) in [6.07, 6.45) is 20.2. The van der Waals surface area contributed by atoms with Crippen LogP contribution >= 0.6 is 25.8 Å². The van der Waals surface area contributed by atoms with Crippen molar-refractivity contribution in [3.63, 3.8) is 0 Å². The van der Waals surface area contributed by atoms with E-state index in [9.17, 15) is 19.8 Å². The Balaban J connectivity index is 0.000000223. The van der Waals surface area contributed by atoms with E-state index in [-0.39, 0.29) is 58.2 Å². The highest BCUT2D eigenvalue weighted by Crippen LogP contribution is 2.70. The second-order valence-corrected chi connectivity index (χ2v) is 25.1. The minimum atomic E-state index is -0.519. The highest BCUT2D eigenvalue weighted by molar-refractivity contribution is 9.09. The van der Waals surface area contributed by atoms with E-state index in [0.717, 1.165) is 88.3 Å². The summed E-state index contributed by atoms with van der Waals surface area (Å²) < 4.78 is 11.7. The lowest BCUT2D eigenvalue weighted by Gasteiger charge is -2.62. The molecule has 0 saturated heterocycles. The Morgan fingerprint density at radius 2 is 1.03 bits per heavy atom. The molecule has 8 aliphatic rings. The molecule has 8 saturated carbocycles. The number of alkyl halides is 1. The van der Waals surface area contributed by atoms with Crippen LogP contribution < -0.4 is 11.1 Å². The smallest absolute Gasteiger partial charge is 0.155 e. The summed E-state index contributed by atoms with van der Waals surface area (Å²) in [6, 6.07) is 19.6. The van der Waals surface area contributed by atoms with Gasteiger partial charge in [-0.1, -0.05) is 81.0 Å². The van der Waals surface area contributed by atoms with Gasteiger partial charge in [-0.15, -0.1) is 0 Å². The van der Waals surface area contributed by atoms with Gasteiger partial charge in [-0.3, -0.25) is 9.59 Å². The maximum absolute atomic E-state index is 13.4. The lowest BCUT2D eigenvalue weighted by molar-refractivity contribution is -0.175. The number of aliphatic hydroxyl groups is 2. The normalized spacial score (nSPS) is 41.8. The molecule has 8 fully saturated rings. The third-order valence-corrected chi connectivity index (χ3v) is 21.6. The molecule has 1 unspecified atom stereocenters. The van der Waals surface area contributed by atoms with E-state index in [1.165, 1.54) is 57.8 Å². The lowest BCUT2D eigenvalue weighted by Crippen LogP contribution is -2.58. The van der Waals surface area contributed by atoms with Crippen molar-refractivity contribution in [2.24, 2.45) is 80.8 Å². The number of hydrogen-bond acceptors (Lipinski definition) is 8. The zero-order valence-electron chi connectivity index (χ0n) is 42.8. The second kappa shape index (κ2) is 23.8. The Hall–Kier alpha value is -1.87. The molecule has 0 bridgehead atoms. The standard InChI is InChI=1S/C29H43NO3.C23H37BrO3.C6H7N.2CH4.H3P/c1-27(32)15-16-29(19-33-3)20(17-27)9-10-22-23-11-12-25(28(23,2)14-13-24(22)29)26(31)18-30-21-7-5-4-6-8-21;1-21(26)10-11-23(14-27-3)15(12-21)4-5-16-17-6-7-19(20(25)13-24)22(17,2)9-8-18(16)23;7-6-4-2-1-3-5-6;;;/h4-8,20,22-25,30,32H,9-19H2,1-3H3;15-19,26H,4-14H2,1-3H3;1-5H,7H2;2*1H4;1H3/t20-,22+,23+,24+,25-,27-,28+,29-;15-,16+,17+,18+,19-,21-,22+,23-;;;;/m11..../s1. The zero-order chi connectivity index (χ0) is 47.8. The van der Waals surface area contributed by atoms with Gasteiger partial charge in [-0.05, 0) is 223 Å². The number of carbonyl (C=O) groups excluding carboxylic acids is 2. The number of carbonyl (C=O) groups is 2. The summed E-state index contributed by atoms with van der Waals surface area (Å²) in [5.41, 5.74) is 7.00. The average molecular weight is 1050 g/mol. The molecule has 5 N–H and O–H groups in total. The molecule has 0 aliphatic heterocycles. The summed E-state index contributed by atoms with van der Waals surface area (Å²) in [7, 11) is 3.72. The predicted octanol–water partition coefficient (Wildman–Crippen LogP) is 13.3. The average Bonchev–Trinajstić information content (AvgIpc) is 3.86. The molecule has 8 aliphatic carbocycles. The summed E-state index contributed by atoms with van der Waals surface area (Å²) in [5, 5.41) is 25.4. The number of ether oxygens (including phenoxy) is 2. The molecule has 0 spiro atoms. The van der Waals surface area contributed by atoms with Crippen LogP contribution in [-0.2, 0) is 19.1 Å². The number of halogens is 1. The molecule has 10 rings (SSSR count). The van der Waals surface area contributed by atoms with Gasteiger partial charge in [0, 0.05) is 37.4 Å². The van der Waals surface area contributed by atoms with Crippen LogP contribution in [0.3, 0.4) is 0 Å². The van der Waals surface area contributed by atoms with Gasteiger partial charge in [-0.2, -0.15) is 9.90 Å². The minimum Gasteiger partial charge on any atom is -0.399 e. The van der Waals surface area contributed by atoms with Gasteiger partial charge in [0.25, 0.3) is 0 Å². The molecular formula is C60H98BrN2O6P. The van der Waals surface area contributed by atoms with Gasteiger partial charge < -0.3 is 30.7 Å². The fourth-order valence-corrected chi connectivity index (χ4v) is 18.4. The van der Waals surface area contributed by atoms with E-state index in [2.05, 4.69) is 35.1 Å². The van der Waals surface area contributed by atoms with E-state index >= 15 is 0 Å². The summed E-state index contributed by atoms with van der Waals surface area (Å²) >= 11 is 3.43. The number of ketones is 2. The van der Waals surface area contributed by atoms with Crippen LogP contribution in [0, 0.1) is 80.8 Å². The molecule has 2 aromatic rings. The fourth-order valence-electron chi connectivity index (χ4n) is 18.0. The quantitative estimate of drug-likeness (QED) is 0.105. The van der Waals surface area contributed by atoms with Gasteiger partial charge in [-0.25, -0.2) is 0 Å². The Labute approximate surface area is 437 Å². The lowest BCUT2D eigenvalue weighted by atomic mass is 9.43.